The Balaban J connectivity index is 1.85. The molecule has 120 valence electrons. The predicted molar refractivity (Wildman–Crippen MR) is 80.9 cm³/mol. The summed E-state index contributed by atoms with van der Waals surface area (Å²) in [5, 5.41) is 11.6. The second-order valence-corrected chi connectivity index (χ2v) is 7.25. The largest absolute Gasteiger partial charge is 0.480 e. The van der Waals surface area contributed by atoms with Crippen LogP contribution in [0.25, 0.3) is 0 Å². The number of hydrogen-bond acceptors (Lipinski definition) is 3. The summed E-state index contributed by atoms with van der Waals surface area (Å²) in [6.07, 6.45) is 5.41. The van der Waals surface area contributed by atoms with Crippen LogP contribution in [0.2, 0.25) is 0 Å². The van der Waals surface area contributed by atoms with Gasteiger partial charge >= 0.3 is 5.97 Å². The number of piperidine rings is 1. The molecule has 5 heteroatoms. The normalized spacial score (nSPS) is 28.6. The van der Waals surface area contributed by atoms with Crippen molar-refractivity contribution in [2.75, 3.05) is 26.2 Å². The van der Waals surface area contributed by atoms with Crippen LogP contribution in [0.1, 0.15) is 46.0 Å². The molecule has 0 aromatic carbocycles. The Morgan fingerprint density at radius 1 is 1.29 bits per heavy atom. The standard InChI is InChI=1S/C16H28N2O3/c1-16(2)7-3-6-13(16)15(21)18-8-4-5-12(11-18)9-17-10-14(19)20/h12-13,17H,3-11H2,1-2H3,(H,19,20). The Hall–Kier alpha value is -1.10. The number of amides is 1. The molecule has 0 bridgehead atoms. The molecule has 0 spiro atoms. The highest BCUT2D eigenvalue weighted by molar-refractivity contribution is 5.80. The van der Waals surface area contributed by atoms with E-state index in [2.05, 4.69) is 19.2 Å². The lowest BCUT2D eigenvalue weighted by Crippen LogP contribution is -2.47. The number of nitrogens with zero attached hydrogens (tertiary/aromatic N) is 1. The maximum absolute atomic E-state index is 12.8. The number of rotatable bonds is 5. The van der Waals surface area contributed by atoms with Crippen LogP contribution in [0.15, 0.2) is 0 Å². The summed E-state index contributed by atoms with van der Waals surface area (Å²) in [5.41, 5.74) is 0.131. The first kappa shape index (κ1) is 16.3. The average molecular weight is 296 g/mol. The molecule has 0 aromatic rings. The highest BCUT2D eigenvalue weighted by atomic mass is 16.4. The lowest BCUT2D eigenvalue weighted by molar-refractivity contribution is -0.140. The summed E-state index contributed by atoms with van der Waals surface area (Å²) in [7, 11) is 0. The number of hydrogen-bond donors (Lipinski definition) is 2. The monoisotopic (exact) mass is 296 g/mol. The molecule has 1 heterocycles. The fourth-order valence-corrected chi connectivity index (χ4v) is 3.82. The van der Waals surface area contributed by atoms with Gasteiger partial charge in [0.2, 0.25) is 5.91 Å². The molecule has 1 saturated heterocycles. The van der Waals surface area contributed by atoms with Crippen LogP contribution < -0.4 is 5.32 Å². The third-order valence-electron chi connectivity index (χ3n) is 5.10. The summed E-state index contributed by atoms with van der Waals surface area (Å²) in [4.78, 5) is 25.3. The lowest BCUT2D eigenvalue weighted by atomic mass is 9.80. The first-order valence-corrected chi connectivity index (χ1v) is 8.11. The van der Waals surface area contributed by atoms with Crippen LogP contribution in [-0.4, -0.2) is 48.1 Å². The molecule has 2 rings (SSSR count). The van der Waals surface area contributed by atoms with Gasteiger partial charge in [0.1, 0.15) is 0 Å². The van der Waals surface area contributed by atoms with E-state index in [0.29, 0.717) is 18.4 Å². The van der Waals surface area contributed by atoms with Crippen LogP contribution in [0.4, 0.5) is 0 Å². The second kappa shape index (κ2) is 6.77. The van der Waals surface area contributed by atoms with Gasteiger partial charge in [0, 0.05) is 25.6 Å². The maximum atomic E-state index is 12.8. The quantitative estimate of drug-likeness (QED) is 0.810. The molecule has 2 atom stereocenters. The van der Waals surface area contributed by atoms with Crippen LogP contribution in [-0.2, 0) is 9.59 Å². The van der Waals surface area contributed by atoms with E-state index >= 15 is 0 Å². The number of nitrogens with one attached hydrogen (secondary N) is 1. The molecule has 0 aromatic heterocycles. The number of aliphatic carboxylic acids is 1. The van der Waals surface area contributed by atoms with E-state index in [1.165, 1.54) is 0 Å². The highest BCUT2D eigenvalue weighted by Crippen LogP contribution is 2.43. The van der Waals surface area contributed by atoms with Gasteiger partial charge in [0.15, 0.2) is 0 Å². The van der Waals surface area contributed by atoms with Gasteiger partial charge in [0.25, 0.3) is 0 Å². The van der Waals surface area contributed by atoms with Crippen molar-refractivity contribution in [2.24, 2.45) is 17.3 Å². The van der Waals surface area contributed by atoms with Gasteiger partial charge in [-0.3, -0.25) is 9.59 Å². The van der Waals surface area contributed by atoms with Gasteiger partial charge < -0.3 is 15.3 Å². The second-order valence-electron chi connectivity index (χ2n) is 7.25. The minimum Gasteiger partial charge on any atom is -0.480 e. The van der Waals surface area contributed by atoms with Gasteiger partial charge in [-0.15, -0.1) is 0 Å². The van der Waals surface area contributed by atoms with Crippen molar-refractivity contribution in [1.29, 1.82) is 0 Å². The minimum absolute atomic E-state index is 0.000102. The Morgan fingerprint density at radius 2 is 2.05 bits per heavy atom. The van der Waals surface area contributed by atoms with Gasteiger partial charge in [-0.25, -0.2) is 0 Å². The summed E-state index contributed by atoms with van der Waals surface area (Å²) in [6, 6.07) is 0. The van der Waals surface area contributed by atoms with Crippen molar-refractivity contribution < 1.29 is 14.7 Å². The van der Waals surface area contributed by atoms with E-state index in [9.17, 15) is 9.59 Å². The Labute approximate surface area is 127 Å². The van der Waals surface area contributed by atoms with E-state index in [1.807, 2.05) is 4.90 Å². The molecule has 2 fully saturated rings. The van der Waals surface area contributed by atoms with Crippen molar-refractivity contribution in [3.8, 4) is 0 Å². The molecule has 2 N–H and O–H groups in total. The summed E-state index contributed by atoms with van der Waals surface area (Å²) >= 11 is 0. The number of carbonyl (C=O) groups excluding carboxylic acids is 1. The number of carboxylic acid groups (broad SMARTS) is 1. The van der Waals surface area contributed by atoms with Crippen LogP contribution in [0.5, 0.6) is 0 Å². The number of carboxylic acids is 1. The molecular formula is C16H28N2O3. The first-order chi connectivity index (χ1) is 9.90. The Bertz CT molecular complexity index is 395. The lowest BCUT2D eigenvalue weighted by Gasteiger charge is -2.37. The molecule has 5 nitrogen and oxygen atoms in total. The Kier molecular flexibility index (Phi) is 5.25. The number of carbonyl (C=O) groups is 2. The molecule has 21 heavy (non-hydrogen) atoms. The summed E-state index contributed by atoms with van der Waals surface area (Å²) < 4.78 is 0. The molecule has 2 aliphatic rings. The summed E-state index contributed by atoms with van der Waals surface area (Å²) in [6.45, 7) is 6.74. The summed E-state index contributed by atoms with van der Waals surface area (Å²) in [5.74, 6) is 0.0432. The zero-order valence-corrected chi connectivity index (χ0v) is 13.2. The van der Waals surface area contributed by atoms with E-state index in [1.54, 1.807) is 0 Å². The molecular weight excluding hydrogens is 268 g/mol. The molecule has 1 saturated carbocycles. The average Bonchev–Trinajstić information content (AvgIpc) is 2.77. The van der Waals surface area contributed by atoms with Gasteiger partial charge in [-0.1, -0.05) is 20.3 Å². The molecule has 1 aliphatic heterocycles. The zero-order chi connectivity index (χ0) is 15.5. The van der Waals surface area contributed by atoms with Crippen LogP contribution in [0, 0.1) is 17.3 Å². The fraction of sp³-hybridized carbons (Fsp3) is 0.875. The van der Waals surface area contributed by atoms with Crippen molar-refractivity contribution in [1.82, 2.24) is 10.2 Å². The molecule has 2 unspecified atom stereocenters. The van der Waals surface area contributed by atoms with Gasteiger partial charge in [-0.05, 0) is 37.0 Å². The van der Waals surface area contributed by atoms with E-state index < -0.39 is 5.97 Å². The van der Waals surface area contributed by atoms with Crippen molar-refractivity contribution in [3.63, 3.8) is 0 Å². The van der Waals surface area contributed by atoms with E-state index in [4.69, 9.17) is 5.11 Å². The van der Waals surface area contributed by atoms with Crippen LogP contribution in [0.3, 0.4) is 0 Å². The van der Waals surface area contributed by atoms with Gasteiger partial charge in [-0.2, -0.15) is 0 Å². The van der Waals surface area contributed by atoms with Crippen LogP contribution >= 0.6 is 0 Å². The van der Waals surface area contributed by atoms with E-state index in [0.717, 1.165) is 45.2 Å². The smallest absolute Gasteiger partial charge is 0.317 e. The Morgan fingerprint density at radius 3 is 2.67 bits per heavy atom. The molecule has 0 radical (unpaired) electrons. The first-order valence-electron chi connectivity index (χ1n) is 8.11. The molecule has 1 amide bonds. The topological polar surface area (TPSA) is 69.6 Å². The van der Waals surface area contributed by atoms with Crippen molar-refractivity contribution >= 4 is 11.9 Å². The van der Waals surface area contributed by atoms with Gasteiger partial charge in [0.05, 0.1) is 6.54 Å². The zero-order valence-electron chi connectivity index (χ0n) is 13.2. The SMILES string of the molecule is CC1(C)CCCC1C(=O)N1CCCC(CNCC(=O)O)C1. The maximum Gasteiger partial charge on any atom is 0.317 e. The van der Waals surface area contributed by atoms with Crippen molar-refractivity contribution in [2.45, 2.75) is 46.0 Å². The van der Waals surface area contributed by atoms with Crippen molar-refractivity contribution in [3.05, 3.63) is 0 Å². The third-order valence-corrected chi connectivity index (χ3v) is 5.10. The fourth-order valence-electron chi connectivity index (χ4n) is 3.82. The number of likely N-dealkylation sites (tertiary alicyclic amines) is 1. The van der Waals surface area contributed by atoms with E-state index in [-0.39, 0.29) is 17.9 Å². The molecule has 1 aliphatic carbocycles. The highest BCUT2D eigenvalue weighted by Gasteiger charge is 2.41. The predicted octanol–water partition coefficient (Wildman–Crippen LogP) is 1.73. The third kappa shape index (κ3) is 4.19. The minimum atomic E-state index is -0.827.